The minimum atomic E-state index is -0.136. The standard InChI is InChI=1S/C19H16ClN5O/c1-11(26)25-17-7-12(3-4-16(17)20)14-8-15(14)13-9-23-19(24-10-13)18-21-5-2-6-22-18/h2-7,9-10,14-15H,8H2,1H3,(H,25,26). The maximum Gasteiger partial charge on any atom is 0.221 e. The Kier molecular flexibility index (Phi) is 4.34. The highest BCUT2D eigenvalue weighted by molar-refractivity contribution is 6.33. The first-order valence-corrected chi connectivity index (χ1v) is 8.66. The molecule has 1 fully saturated rings. The van der Waals surface area contributed by atoms with Crippen molar-refractivity contribution in [1.82, 2.24) is 19.9 Å². The quantitative estimate of drug-likeness (QED) is 0.760. The smallest absolute Gasteiger partial charge is 0.221 e. The minimum absolute atomic E-state index is 0.136. The van der Waals surface area contributed by atoms with E-state index in [1.165, 1.54) is 6.92 Å². The van der Waals surface area contributed by atoms with Crippen LogP contribution in [0, 0.1) is 0 Å². The van der Waals surface area contributed by atoms with Crippen LogP contribution in [0.15, 0.2) is 49.1 Å². The Morgan fingerprint density at radius 1 is 1.04 bits per heavy atom. The monoisotopic (exact) mass is 365 g/mol. The molecule has 0 aliphatic heterocycles. The number of hydrogen-bond acceptors (Lipinski definition) is 5. The molecule has 7 heteroatoms. The average molecular weight is 366 g/mol. The minimum Gasteiger partial charge on any atom is -0.325 e. The zero-order valence-electron chi connectivity index (χ0n) is 14.1. The van der Waals surface area contributed by atoms with E-state index in [9.17, 15) is 4.79 Å². The third-order valence-corrected chi connectivity index (χ3v) is 4.72. The number of carbonyl (C=O) groups excluding carboxylic acids is 1. The fraction of sp³-hybridized carbons (Fsp3) is 0.211. The molecule has 0 bridgehead atoms. The average Bonchev–Trinajstić information content (AvgIpc) is 3.45. The lowest BCUT2D eigenvalue weighted by Gasteiger charge is -2.08. The van der Waals surface area contributed by atoms with Crippen molar-refractivity contribution in [3.63, 3.8) is 0 Å². The van der Waals surface area contributed by atoms with E-state index >= 15 is 0 Å². The number of hydrogen-bond donors (Lipinski definition) is 1. The van der Waals surface area contributed by atoms with Crippen molar-refractivity contribution in [2.24, 2.45) is 0 Å². The molecule has 4 rings (SSSR count). The van der Waals surface area contributed by atoms with Crippen LogP contribution in [0.25, 0.3) is 11.6 Å². The lowest BCUT2D eigenvalue weighted by molar-refractivity contribution is -0.114. The number of nitrogens with zero attached hydrogens (tertiary/aromatic N) is 4. The van der Waals surface area contributed by atoms with Gasteiger partial charge in [0.05, 0.1) is 10.7 Å². The zero-order chi connectivity index (χ0) is 18.1. The van der Waals surface area contributed by atoms with Crippen molar-refractivity contribution < 1.29 is 4.79 Å². The summed E-state index contributed by atoms with van der Waals surface area (Å²) in [7, 11) is 0. The van der Waals surface area contributed by atoms with E-state index in [1.54, 1.807) is 18.5 Å². The highest BCUT2D eigenvalue weighted by Gasteiger charge is 2.40. The summed E-state index contributed by atoms with van der Waals surface area (Å²) in [4.78, 5) is 28.4. The Hall–Kier alpha value is -2.86. The summed E-state index contributed by atoms with van der Waals surface area (Å²) in [6.45, 7) is 1.47. The highest BCUT2D eigenvalue weighted by Crippen LogP contribution is 2.55. The molecule has 2 unspecified atom stereocenters. The summed E-state index contributed by atoms with van der Waals surface area (Å²) in [6.07, 6.45) is 8.04. The summed E-state index contributed by atoms with van der Waals surface area (Å²) in [6, 6.07) is 7.53. The Labute approximate surface area is 155 Å². The summed E-state index contributed by atoms with van der Waals surface area (Å²) in [5.74, 6) is 1.65. The number of rotatable bonds is 4. The van der Waals surface area contributed by atoms with Crippen LogP contribution < -0.4 is 5.32 Å². The van der Waals surface area contributed by atoms with Crippen molar-refractivity contribution in [3.05, 3.63) is 65.2 Å². The number of halogens is 1. The fourth-order valence-corrected chi connectivity index (χ4v) is 3.22. The number of carbonyl (C=O) groups is 1. The molecule has 2 heterocycles. The highest BCUT2D eigenvalue weighted by atomic mass is 35.5. The zero-order valence-corrected chi connectivity index (χ0v) is 14.8. The number of aromatic nitrogens is 4. The van der Waals surface area contributed by atoms with Crippen LogP contribution >= 0.6 is 11.6 Å². The molecule has 1 amide bonds. The van der Waals surface area contributed by atoms with Gasteiger partial charge in [-0.25, -0.2) is 19.9 Å². The van der Waals surface area contributed by atoms with Gasteiger partial charge in [0.1, 0.15) is 0 Å². The summed E-state index contributed by atoms with van der Waals surface area (Å²) in [5.41, 5.74) is 2.89. The molecule has 3 aromatic rings. The van der Waals surface area contributed by atoms with E-state index in [-0.39, 0.29) is 5.91 Å². The van der Waals surface area contributed by atoms with Gasteiger partial charge in [-0.2, -0.15) is 0 Å². The number of benzene rings is 1. The van der Waals surface area contributed by atoms with Crippen LogP contribution in [-0.2, 0) is 4.79 Å². The molecule has 26 heavy (non-hydrogen) atoms. The van der Waals surface area contributed by atoms with Crippen LogP contribution in [0.1, 0.15) is 36.3 Å². The maximum atomic E-state index is 11.3. The second kappa shape index (κ2) is 6.80. The predicted molar refractivity (Wildman–Crippen MR) is 98.9 cm³/mol. The summed E-state index contributed by atoms with van der Waals surface area (Å²) in [5, 5.41) is 3.31. The third-order valence-electron chi connectivity index (χ3n) is 4.39. The fourth-order valence-electron chi connectivity index (χ4n) is 3.05. The second-order valence-corrected chi connectivity index (χ2v) is 6.69. The maximum absolute atomic E-state index is 11.3. The van der Waals surface area contributed by atoms with E-state index in [0.717, 1.165) is 17.5 Å². The Morgan fingerprint density at radius 3 is 2.38 bits per heavy atom. The molecule has 1 aromatic carbocycles. The number of amides is 1. The second-order valence-electron chi connectivity index (χ2n) is 6.28. The van der Waals surface area contributed by atoms with Crippen molar-refractivity contribution in [3.8, 4) is 11.6 Å². The van der Waals surface area contributed by atoms with Crippen LogP contribution in [-0.4, -0.2) is 25.8 Å². The topological polar surface area (TPSA) is 80.7 Å². The Morgan fingerprint density at radius 2 is 1.69 bits per heavy atom. The molecule has 0 saturated heterocycles. The Balaban J connectivity index is 1.51. The van der Waals surface area contributed by atoms with Gasteiger partial charge in [0.25, 0.3) is 0 Å². The van der Waals surface area contributed by atoms with Gasteiger partial charge in [-0.3, -0.25) is 4.79 Å². The first-order valence-electron chi connectivity index (χ1n) is 8.28. The van der Waals surface area contributed by atoms with E-state index in [2.05, 4.69) is 25.3 Å². The van der Waals surface area contributed by atoms with Crippen LogP contribution in [0.5, 0.6) is 0 Å². The van der Waals surface area contributed by atoms with Gasteiger partial charge in [0, 0.05) is 31.7 Å². The summed E-state index contributed by atoms with van der Waals surface area (Å²) >= 11 is 6.15. The summed E-state index contributed by atoms with van der Waals surface area (Å²) < 4.78 is 0. The van der Waals surface area contributed by atoms with E-state index in [1.807, 2.05) is 30.6 Å². The third kappa shape index (κ3) is 3.41. The van der Waals surface area contributed by atoms with Crippen molar-refractivity contribution >= 4 is 23.2 Å². The van der Waals surface area contributed by atoms with Gasteiger partial charge in [0.2, 0.25) is 5.91 Å². The predicted octanol–water partition coefficient (Wildman–Crippen LogP) is 3.82. The lowest BCUT2D eigenvalue weighted by atomic mass is 10.1. The molecule has 6 nitrogen and oxygen atoms in total. The SMILES string of the molecule is CC(=O)Nc1cc(C2CC2c2cnc(-c3ncccn3)nc2)ccc1Cl. The van der Waals surface area contributed by atoms with E-state index < -0.39 is 0 Å². The first kappa shape index (κ1) is 16.6. The number of anilines is 1. The Bertz CT molecular complexity index is 946. The molecule has 0 radical (unpaired) electrons. The lowest BCUT2D eigenvalue weighted by Crippen LogP contribution is -2.06. The van der Waals surface area contributed by atoms with Crippen LogP contribution in [0.2, 0.25) is 5.02 Å². The molecule has 2 atom stereocenters. The molecule has 1 aliphatic rings. The van der Waals surface area contributed by atoms with Gasteiger partial charge in [0.15, 0.2) is 11.6 Å². The van der Waals surface area contributed by atoms with Crippen molar-refractivity contribution in [2.45, 2.75) is 25.2 Å². The largest absolute Gasteiger partial charge is 0.325 e. The molecule has 1 N–H and O–H groups in total. The molecular weight excluding hydrogens is 350 g/mol. The normalized spacial score (nSPS) is 18.4. The number of nitrogens with one attached hydrogen (secondary N) is 1. The van der Waals surface area contributed by atoms with Crippen molar-refractivity contribution in [1.29, 1.82) is 0 Å². The van der Waals surface area contributed by atoms with Gasteiger partial charge >= 0.3 is 0 Å². The molecule has 130 valence electrons. The van der Waals surface area contributed by atoms with Gasteiger partial charge < -0.3 is 5.32 Å². The molecule has 2 aromatic heterocycles. The molecule has 1 saturated carbocycles. The van der Waals surface area contributed by atoms with Crippen LogP contribution in [0.3, 0.4) is 0 Å². The van der Waals surface area contributed by atoms with Crippen LogP contribution in [0.4, 0.5) is 5.69 Å². The molecule has 0 spiro atoms. The van der Waals surface area contributed by atoms with Gasteiger partial charge in [-0.15, -0.1) is 0 Å². The van der Waals surface area contributed by atoms with E-state index in [0.29, 0.717) is 34.2 Å². The first-order chi connectivity index (χ1) is 12.6. The van der Waals surface area contributed by atoms with Crippen molar-refractivity contribution in [2.75, 3.05) is 5.32 Å². The van der Waals surface area contributed by atoms with Gasteiger partial charge in [-0.1, -0.05) is 17.7 Å². The molecular formula is C19H16ClN5O. The van der Waals surface area contributed by atoms with Gasteiger partial charge in [-0.05, 0) is 47.6 Å². The molecule has 1 aliphatic carbocycles. The van der Waals surface area contributed by atoms with E-state index in [4.69, 9.17) is 11.6 Å².